The highest BCUT2D eigenvalue weighted by atomic mass is 32.1. The second kappa shape index (κ2) is 5.98. The minimum Gasteiger partial charge on any atom is -0.383 e. The molecule has 3 aliphatic heterocycles. The van der Waals surface area contributed by atoms with Gasteiger partial charge in [0.2, 0.25) is 0 Å². The summed E-state index contributed by atoms with van der Waals surface area (Å²) in [5.74, 6) is 0.803. The molecule has 2 N–H and O–H groups in total. The molecule has 98 valence electrons. The van der Waals surface area contributed by atoms with Gasteiger partial charge in [0.05, 0.1) is 6.61 Å². The summed E-state index contributed by atoms with van der Waals surface area (Å²) in [6.45, 7) is 6.44. The van der Waals surface area contributed by atoms with Crippen molar-refractivity contribution in [1.82, 2.24) is 15.5 Å². The molecule has 4 nitrogen and oxygen atoms in total. The lowest BCUT2D eigenvalue weighted by molar-refractivity contribution is 0.0809. The highest BCUT2D eigenvalue weighted by Gasteiger charge is 2.34. The van der Waals surface area contributed by atoms with E-state index in [9.17, 15) is 0 Å². The maximum atomic E-state index is 5.34. The van der Waals surface area contributed by atoms with Gasteiger partial charge in [-0.2, -0.15) is 0 Å². The molecule has 3 heterocycles. The number of ether oxygens (including phenoxy) is 1. The molecule has 0 amide bonds. The van der Waals surface area contributed by atoms with Gasteiger partial charge < -0.3 is 20.3 Å². The largest absolute Gasteiger partial charge is 0.383 e. The van der Waals surface area contributed by atoms with Crippen molar-refractivity contribution in [3.05, 3.63) is 0 Å². The zero-order valence-electron chi connectivity index (χ0n) is 10.7. The predicted molar refractivity (Wildman–Crippen MR) is 73.2 cm³/mol. The second-order valence-electron chi connectivity index (χ2n) is 5.22. The number of fused-ring (bicyclic) bond motifs is 3. The summed E-state index contributed by atoms with van der Waals surface area (Å²) in [7, 11) is 1.71. The molecule has 3 saturated heterocycles. The smallest absolute Gasteiger partial charge is 0.166 e. The van der Waals surface area contributed by atoms with Gasteiger partial charge in [0, 0.05) is 25.7 Å². The van der Waals surface area contributed by atoms with Crippen molar-refractivity contribution < 1.29 is 4.74 Å². The van der Waals surface area contributed by atoms with Crippen molar-refractivity contribution in [1.29, 1.82) is 0 Å². The number of hydrogen-bond acceptors (Lipinski definition) is 3. The Hall–Kier alpha value is -0.390. The Balaban J connectivity index is 1.75. The Morgan fingerprint density at radius 1 is 1.47 bits per heavy atom. The van der Waals surface area contributed by atoms with E-state index in [0.717, 1.165) is 17.6 Å². The summed E-state index contributed by atoms with van der Waals surface area (Å²) >= 11 is 5.34. The van der Waals surface area contributed by atoms with Gasteiger partial charge in [-0.05, 0) is 51.0 Å². The molecule has 0 aromatic heterocycles. The predicted octanol–water partition coefficient (Wildman–Crippen LogP) is 0.580. The first-order chi connectivity index (χ1) is 8.19. The van der Waals surface area contributed by atoms with E-state index >= 15 is 0 Å². The third kappa shape index (κ3) is 3.53. The first-order valence-electron chi connectivity index (χ1n) is 6.47. The van der Waals surface area contributed by atoms with E-state index in [4.69, 9.17) is 17.0 Å². The van der Waals surface area contributed by atoms with E-state index in [1.807, 2.05) is 0 Å². The molecule has 2 unspecified atom stereocenters. The van der Waals surface area contributed by atoms with Gasteiger partial charge in [0.1, 0.15) is 0 Å². The van der Waals surface area contributed by atoms with Crippen LogP contribution in [0, 0.1) is 5.92 Å². The molecule has 3 aliphatic rings. The highest BCUT2D eigenvalue weighted by molar-refractivity contribution is 7.80. The van der Waals surface area contributed by atoms with Crippen LogP contribution in [0.5, 0.6) is 0 Å². The van der Waals surface area contributed by atoms with Crippen LogP contribution in [-0.2, 0) is 4.74 Å². The second-order valence-corrected chi connectivity index (χ2v) is 5.63. The van der Waals surface area contributed by atoms with E-state index in [0.29, 0.717) is 12.6 Å². The van der Waals surface area contributed by atoms with E-state index in [1.54, 1.807) is 7.11 Å². The fourth-order valence-electron chi connectivity index (χ4n) is 2.85. The van der Waals surface area contributed by atoms with Crippen molar-refractivity contribution in [3.8, 4) is 0 Å². The fourth-order valence-corrected chi connectivity index (χ4v) is 3.21. The summed E-state index contributed by atoms with van der Waals surface area (Å²) in [4.78, 5) is 2.53. The van der Waals surface area contributed by atoms with Crippen LogP contribution < -0.4 is 10.6 Å². The third-order valence-corrected chi connectivity index (χ3v) is 4.00. The zero-order chi connectivity index (χ0) is 12.3. The van der Waals surface area contributed by atoms with Crippen LogP contribution in [0.3, 0.4) is 0 Å². The molecule has 0 spiro atoms. The number of methoxy groups -OCH3 is 1. The van der Waals surface area contributed by atoms with Crippen molar-refractivity contribution >= 4 is 17.3 Å². The van der Waals surface area contributed by atoms with Gasteiger partial charge in [-0.1, -0.05) is 0 Å². The lowest BCUT2D eigenvalue weighted by Gasteiger charge is -2.45. The molecule has 3 rings (SSSR count). The number of nitrogens with one attached hydrogen (secondary N) is 2. The first kappa shape index (κ1) is 13.1. The van der Waals surface area contributed by atoms with Gasteiger partial charge in [0.15, 0.2) is 5.11 Å². The quantitative estimate of drug-likeness (QED) is 0.721. The van der Waals surface area contributed by atoms with Crippen molar-refractivity contribution in [2.75, 3.05) is 33.4 Å². The normalized spacial score (nSPS) is 33.2. The molecule has 3 fully saturated rings. The summed E-state index contributed by atoms with van der Waals surface area (Å²) in [5.41, 5.74) is 0. The lowest BCUT2D eigenvalue weighted by Crippen LogP contribution is -2.59. The molecule has 0 aromatic carbocycles. The van der Waals surface area contributed by atoms with E-state index in [-0.39, 0.29) is 6.04 Å². The SMILES string of the molecule is COCC(C)NC(=S)NC1CN2CCC1CC2. The molecule has 2 atom stereocenters. The van der Waals surface area contributed by atoms with Crippen LogP contribution in [-0.4, -0.2) is 55.4 Å². The Kier molecular flexibility index (Phi) is 4.59. The van der Waals surface area contributed by atoms with Gasteiger partial charge in [0.25, 0.3) is 0 Å². The molecule has 0 radical (unpaired) electrons. The van der Waals surface area contributed by atoms with Gasteiger partial charge in [-0.25, -0.2) is 0 Å². The standard InChI is InChI=1S/C12H23N3OS/c1-9(8-16-2)13-12(17)14-11-7-15-5-3-10(11)4-6-15/h9-11H,3-8H2,1-2H3,(H2,13,14,17). The van der Waals surface area contributed by atoms with Crippen molar-refractivity contribution in [2.45, 2.75) is 31.8 Å². The number of thiocarbonyl (C=S) groups is 1. The topological polar surface area (TPSA) is 36.5 Å². The number of rotatable bonds is 4. The Bertz CT molecular complexity index is 266. The summed E-state index contributed by atoms with van der Waals surface area (Å²) in [5, 5.41) is 7.50. The number of piperidine rings is 3. The maximum absolute atomic E-state index is 5.34. The van der Waals surface area contributed by atoms with E-state index in [2.05, 4.69) is 22.5 Å². The molecule has 2 bridgehead atoms. The average molecular weight is 257 g/mol. The van der Waals surface area contributed by atoms with Crippen LogP contribution in [0.25, 0.3) is 0 Å². The monoisotopic (exact) mass is 257 g/mol. The van der Waals surface area contributed by atoms with Gasteiger partial charge >= 0.3 is 0 Å². The minimum absolute atomic E-state index is 0.265. The molecule has 0 aromatic rings. The van der Waals surface area contributed by atoms with E-state index < -0.39 is 0 Å². The summed E-state index contributed by atoms with van der Waals surface area (Å²) in [6, 6.07) is 0.799. The molecular formula is C12H23N3OS. The van der Waals surface area contributed by atoms with Gasteiger partial charge in [-0.15, -0.1) is 0 Å². The molecular weight excluding hydrogens is 234 g/mol. The van der Waals surface area contributed by atoms with Crippen LogP contribution in [0.4, 0.5) is 0 Å². The number of nitrogens with zero attached hydrogens (tertiary/aromatic N) is 1. The maximum Gasteiger partial charge on any atom is 0.166 e. The Morgan fingerprint density at radius 3 is 2.71 bits per heavy atom. The Morgan fingerprint density at radius 2 is 2.18 bits per heavy atom. The Labute approximate surface area is 109 Å². The minimum atomic E-state index is 0.265. The summed E-state index contributed by atoms with van der Waals surface area (Å²) in [6.07, 6.45) is 2.63. The van der Waals surface area contributed by atoms with Crippen LogP contribution >= 0.6 is 12.2 Å². The molecule has 0 aliphatic carbocycles. The van der Waals surface area contributed by atoms with Crippen molar-refractivity contribution in [2.24, 2.45) is 5.92 Å². The lowest BCUT2D eigenvalue weighted by atomic mass is 9.84. The van der Waals surface area contributed by atoms with E-state index in [1.165, 1.54) is 25.9 Å². The average Bonchev–Trinajstić information content (AvgIpc) is 2.30. The molecule has 0 saturated carbocycles. The molecule has 5 heteroatoms. The zero-order valence-corrected chi connectivity index (χ0v) is 11.6. The van der Waals surface area contributed by atoms with Gasteiger partial charge in [-0.3, -0.25) is 0 Å². The summed E-state index contributed by atoms with van der Waals surface area (Å²) < 4.78 is 5.09. The van der Waals surface area contributed by atoms with Crippen LogP contribution in [0.15, 0.2) is 0 Å². The first-order valence-corrected chi connectivity index (χ1v) is 6.88. The molecule has 17 heavy (non-hydrogen) atoms. The number of hydrogen-bond donors (Lipinski definition) is 2. The third-order valence-electron chi connectivity index (χ3n) is 3.77. The fraction of sp³-hybridized carbons (Fsp3) is 0.917. The van der Waals surface area contributed by atoms with Crippen LogP contribution in [0.1, 0.15) is 19.8 Å². The van der Waals surface area contributed by atoms with Crippen LogP contribution in [0.2, 0.25) is 0 Å². The van der Waals surface area contributed by atoms with Crippen molar-refractivity contribution in [3.63, 3.8) is 0 Å². The highest BCUT2D eigenvalue weighted by Crippen LogP contribution is 2.27.